The van der Waals surface area contributed by atoms with E-state index in [1.54, 1.807) is 0 Å². The Morgan fingerprint density at radius 3 is 2.55 bits per heavy atom. The molecule has 1 aromatic heterocycles. The predicted molar refractivity (Wildman–Crippen MR) is 39.0 cm³/mol. The summed E-state index contributed by atoms with van der Waals surface area (Å²) in [6.07, 6.45) is 1.14. The van der Waals surface area contributed by atoms with Gasteiger partial charge in [0.1, 0.15) is 11.0 Å². The molecule has 1 heterocycles. The molecule has 2 N–H and O–H groups in total. The van der Waals surface area contributed by atoms with Crippen molar-refractivity contribution in [2.24, 2.45) is 0 Å². The Morgan fingerprint density at radius 1 is 1.55 bits per heavy atom. The van der Waals surface area contributed by atoms with E-state index in [2.05, 4.69) is 4.98 Å². The molecule has 3 nitrogen and oxygen atoms in total. The molecule has 0 saturated carbocycles. The first-order valence-electron chi connectivity index (χ1n) is 2.79. The quantitative estimate of drug-likeness (QED) is 0.449. The Hall–Kier alpha value is -0.645. The van der Waals surface area contributed by atoms with Crippen LogP contribution in [-0.4, -0.2) is 22.2 Å². The van der Waals surface area contributed by atoms with E-state index < -0.39 is 18.4 Å². The predicted octanol–water partition coefficient (Wildman–Crippen LogP) is -0.446. The standard InChI is InChI=1S/C5H4BClFNO2/c7-5-4(6(10)11)3(8)1-2-9-5/h1-2,10-11H. The van der Waals surface area contributed by atoms with Gasteiger partial charge in [0.05, 0.1) is 5.46 Å². The highest BCUT2D eigenvalue weighted by Gasteiger charge is 2.20. The summed E-state index contributed by atoms with van der Waals surface area (Å²) in [5, 5.41) is 16.9. The van der Waals surface area contributed by atoms with Crippen LogP contribution < -0.4 is 5.46 Å². The lowest BCUT2D eigenvalue weighted by molar-refractivity contribution is 0.423. The van der Waals surface area contributed by atoms with Crippen molar-refractivity contribution >= 4 is 24.2 Å². The van der Waals surface area contributed by atoms with Gasteiger partial charge in [0.2, 0.25) is 0 Å². The summed E-state index contributed by atoms with van der Waals surface area (Å²) in [5.41, 5.74) is -0.394. The molecular formula is C5H4BClFNO2. The zero-order valence-corrected chi connectivity index (χ0v) is 6.09. The van der Waals surface area contributed by atoms with Crippen molar-refractivity contribution in [3.05, 3.63) is 23.2 Å². The Bertz CT molecular complexity index is 250. The highest BCUT2D eigenvalue weighted by molar-refractivity contribution is 6.62. The van der Waals surface area contributed by atoms with Crippen LogP contribution in [0.15, 0.2) is 12.3 Å². The maximum absolute atomic E-state index is 12.7. The minimum Gasteiger partial charge on any atom is -0.423 e. The number of halogens is 2. The molecule has 0 aliphatic heterocycles. The molecule has 0 aromatic carbocycles. The van der Waals surface area contributed by atoms with E-state index in [9.17, 15) is 4.39 Å². The molecule has 0 unspecified atom stereocenters. The van der Waals surface area contributed by atoms with Crippen LogP contribution in [0.25, 0.3) is 0 Å². The van der Waals surface area contributed by atoms with Gasteiger partial charge in [-0.05, 0) is 6.07 Å². The van der Waals surface area contributed by atoms with Gasteiger partial charge < -0.3 is 10.0 Å². The zero-order chi connectivity index (χ0) is 8.43. The molecule has 0 radical (unpaired) electrons. The molecule has 0 bridgehead atoms. The van der Waals surface area contributed by atoms with Gasteiger partial charge in [-0.15, -0.1) is 0 Å². The molecule has 0 spiro atoms. The van der Waals surface area contributed by atoms with Gasteiger partial charge in [0, 0.05) is 6.20 Å². The van der Waals surface area contributed by atoms with E-state index >= 15 is 0 Å². The lowest BCUT2D eigenvalue weighted by atomic mass is 9.81. The van der Waals surface area contributed by atoms with Crippen molar-refractivity contribution < 1.29 is 14.4 Å². The van der Waals surface area contributed by atoms with Gasteiger partial charge in [0.25, 0.3) is 0 Å². The van der Waals surface area contributed by atoms with Crippen LogP contribution in [-0.2, 0) is 0 Å². The number of nitrogens with zero attached hydrogens (tertiary/aromatic N) is 1. The summed E-state index contributed by atoms with van der Waals surface area (Å²) in [4.78, 5) is 3.47. The van der Waals surface area contributed by atoms with Gasteiger partial charge in [0.15, 0.2) is 0 Å². The molecule has 0 fully saturated rings. The number of aromatic nitrogens is 1. The zero-order valence-electron chi connectivity index (χ0n) is 5.33. The fourth-order valence-corrected chi connectivity index (χ4v) is 0.900. The number of hydrogen-bond donors (Lipinski definition) is 2. The van der Waals surface area contributed by atoms with E-state index in [1.807, 2.05) is 0 Å². The maximum atomic E-state index is 12.7. The van der Waals surface area contributed by atoms with Crippen molar-refractivity contribution in [3.8, 4) is 0 Å². The molecule has 1 aromatic rings. The van der Waals surface area contributed by atoms with Crippen LogP contribution in [0.3, 0.4) is 0 Å². The molecule has 0 saturated heterocycles. The van der Waals surface area contributed by atoms with Crippen molar-refractivity contribution in [2.45, 2.75) is 0 Å². The van der Waals surface area contributed by atoms with Crippen LogP contribution in [0.5, 0.6) is 0 Å². The third-order valence-corrected chi connectivity index (χ3v) is 1.45. The normalized spacial score (nSPS) is 9.82. The Kier molecular flexibility index (Phi) is 2.43. The van der Waals surface area contributed by atoms with Crippen molar-refractivity contribution in [1.82, 2.24) is 4.98 Å². The molecule has 11 heavy (non-hydrogen) atoms. The third-order valence-electron chi connectivity index (χ3n) is 1.15. The number of pyridine rings is 1. The molecule has 0 aliphatic carbocycles. The van der Waals surface area contributed by atoms with Gasteiger partial charge in [-0.3, -0.25) is 0 Å². The van der Waals surface area contributed by atoms with Crippen LogP contribution in [0.1, 0.15) is 0 Å². The second-order valence-electron chi connectivity index (χ2n) is 1.87. The summed E-state index contributed by atoms with van der Waals surface area (Å²) < 4.78 is 12.7. The van der Waals surface area contributed by atoms with Crippen LogP contribution in [0, 0.1) is 5.82 Å². The first kappa shape index (κ1) is 8.45. The van der Waals surface area contributed by atoms with Crippen molar-refractivity contribution in [3.63, 3.8) is 0 Å². The van der Waals surface area contributed by atoms with Gasteiger partial charge >= 0.3 is 7.12 Å². The first-order valence-corrected chi connectivity index (χ1v) is 3.16. The fraction of sp³-hybridized carbons (Fsp3) is 0. The molecule has 0 atom stereocenters. The molecule has 1 rings (SSSR count). The Morgan fingerprint density at radius 2 is 2.18 bits per heavy atom. The largest absolute Gasteiger partial charge is 0.494 e. The average molecular weight is 175 g/mol. The minimum atomic E-state index is -1.92. The van der Waals surface area contributed by atoms with Crippen LogP contribution in [0.4, 0.5) is 4.39 Å². The molecule has 6 heteroatoms. The molecule has 0 amide bonds. The summed E-state index contributed by atoms with van der Waals surface area (Å²) in [5.74, 6) is -0.778. The summed E-state index contributed by atoms with van der Waals surface area (Å²) in [6, 6.07) is 1.00. The average Bonchev–Trinajstić information content (AvgIpc) is 1.85. The summed E-state index contributed by atoms with van der Waals surface area (Å²) in [6.45, 7) is 0. The van der Waals surface area contributed by atoms with Gasteiger partial charge in [-0.2, -0.15) is 0 Å². The number of rotatable bonds is 1. The maximum Gasteiger partial charge on any atom is 0.494 e. The topological polar surface area (TPSA) is 53.4 Å². The van der Waals surface area contributed by atoms with Crippen molar-refractivity contribution in [2.75, 3.05) is 0 Å². The summed E-state index contributed by atoms with van der Waals surface area (Å²) in [7, 11) is -1.92. The third kappa shape index (κ3) is 1.68. The molecule has 0 aliphatic rings. The highest BCUT2D eigenvalue weighted by Crippen LogP contribution is 2.03. The lowest BCUT2D eigenvalue weighted by Gasteiger charge is -2.01. The lowest BCUT2D eigenvalue weighted by Crippen LogP contribution is -2.34. The van der Waals surface area contributed by atoms with Gasteiger partial charge in [-0.1, -0.05) is 11.6 Å². The van der Waals surface area contributed by atoms with Crippen LogP contribution in [0.2, 0.25) is 5.15 Å². The fourth-order valence-electron chi connectivity index (χ4n) is 0.656. The van der Waals surface area contributed by atoms with E-state index in [0.29, 0.717) is 0 Å². The highest BCUT2D eigenvalue weighted by atomic mass is 35.5. The monoisotopic (exact) mass is 175 g/mol. The SMILES string of the molecule is OB(O)c1c(F)ccnc1Cl. The van der Waals surface area contributed by atoms with E-state index in [4.69, 9.17) is 21.6 Å². The Labute approximate surface area is 67.6 Å². The second kappa shape index (κ2) is 3.17. The second-order valence-corrected chi connectivity index (χ2v) is 2.23. The number of hydrogen-bond acceptors (Lipinski definition) is 3. The Balaban J connectivity index is 3.21. The van der Waals surface area contributed by atoms with E-state index in [-0.39, 0.29) is 5.15 Å². The van der Waals surface area contributed by atoms with E-state index in [0.717, 1.165) is 12.3 Å². The smallest absolute Gasteiger partial charge is 0.423 e. The van der Waals surface area contributed by atoms with Crippen molar-refractivity contribution in [1.29, 1.82) is 0 Å². The van der Waals surface area contributed by atoms with Gasteiger partial charge in [-0.25, -0.2) is 9.37 Å². The van der Waals surface area contributed by atoms with Crippen LogP contribution >= 0.6 is 11.6 Å². The van der Waals surface area contributed by atoms with E-state index in [1.165, 1.54) is 0 Å². The molecule has 58 valence electrons. The molecular weight excluding hydrogens is 171 g/mol. The first-order chi connectivity index (χ1) is 5.13. The summed E-state index contributed by atoms with van der Waals surface area (Å²) >= 11 is 5.35. The minimum absolute atomic E-state index is 0.236.